The van der Waals surface area contributed by atoms with E-state index in [0.29, 0.717) is 0 Å². The van der Waals surface area contributed by atoms with Crippen molar-refractivity contribution in [3.8, 4) is 5.75 Å². The molecule has 0 aliphatic carbocycles. The molecule has 0 saturated heterocycles. The normalized spacial score (nSPS) is 15.3. The van der Waals surface area contributed by atoms with E-state index in [2.05, 4.69) is 4.72 Å². The summed E-state index contributed by atoms with van der Waals surface area (Å²) >= 11 is 0. The number of hydrogen-bond donors (Lipinski definition) is 2. The molecule has 21 heavy (non-hydrogen) atoms. The summed E-state index contributed by atoms with van der Waals surface area (Å²) in [7, 11) is -3.79. The fraction of sp³-hybridized carbons (Fsp3) is 0.462. The summed E-state index contributed by atoms with van der Waals surface area (Å²) in [5.74, 6) is -1.08. The summed E-state index contributed by atoms with van der Waals surface area (Å²) < 4.78 is 34.0. The van der Waals surface area contributed by atoms with Crippen LogP contribution in [0.3, 0.4) is 0 Å². The molecule has 8 heteroatoms. The molecule has 0 amide bonds. The molecule has 7 nitrogen and oxygen atoms in total. The van der Waals surface area contributed by atoms with Crippen LogP contribution in [-0.4, -0.2) is 38.2 Å². The van der Waals surface area contributed by atoms with Crippen LogP contribution in [0.5, 0.6) is 5.75 Å². The van der Waals surface area contributed by atoms with Gasteiger partial charge in [0.1, 0.15) is 12.2 Å². The van der Waals surface area contributed by atoms with Gasteiger partial charge < -0.3 is 9.84 Å². The summed E-state index contributed by atoms with van der Waals surface area (Å²) in [5.41, 5.74) is -0.456. The third-order valence-electron chi connectivity index (χ3n) is 2.76. The van der Waals surface area contributed by atoms with Crippen LogP contribution in [-0.2, 0) is 10.2 Å². The maximum Gasteiger partial charge on any atom is 0.339 e. The average molecular weight is 314 g/mol. The third kappa shape index (κ3) is 3.27. The Morgan fingerprint density at radius 2 is 2.05 bits per heavy atom. The molecule has 1 aliphatic heterocycles. The second-order valence-electron chi connectivity index (χ2n) is 5.74. The van der Waals surface area contributed by atoms with E-state index in [-0.39, 0.29) is 30.2 Å². The van der Waals surface area contributed by atoms with E-state index in [0.717, 1.165) is 4.31 Å². The van der Waals surface area contributed by atoms with Crippen molar-refractivity contribution < 1.29 is 23.1 Å². The van der Waals surface area contributed by atoms with E-state index in [4.69, 9.17) is 9.84 Å². The average Bonchev–Trinajstić information content (AvgIpc) is 2.34. The van der Waals surface area contributed by atoms with Crippen LogP contribution in [0.1, 0.15) is 31.1 Å². The Balaban J connectivity index is 2.48. The molecule has 0 saturated carbocycles. The number of rotatable bonds is 3. The molecule has 0 unspecified atom stereocenters. The molecule has 1 aromatic carbocycles. The lowest BCUT2D eigenvalue weighted by atomic mass is 10.1. The van der Waals surface area contributed by atoms with Gasteiger partial charge in [-0.1, -0.05) is 6.07 Å². The molecule has 1 aromatic rings. The minimum atomic E-state index is -3.79. The molecule has 2 rings (SSSR count). The first-order chi connectivity index (χ1) is 9.62. The number of fused-ring (bicyclic) bond motifs is 1. The molecule has 2 N–H and O–H groups in total. The van der Waals surface area contributed by atoms with Crippen molar-refractivity contribution in [2.24, 2.45) is 0 Å². The summed E-state index contributed by atoms with van der Waals surface area (Å²) in [6.45, 7) is 5.43. The van der Waals surface area contributed by atoms with Crippen molar-refractivity contribution in [3.63, 3.8) is 0 Å². The van der Waals surface area contributed by atoms with Crippen molar-refractivity contribution in [1.29, 1.82) is 0 Å². The number of hydrogen-bond acceptors (Lipinski definition) is 4. The molecule has 0 bridgehead atoms. The van der Waals surface area contributed by atoms with Gasteiger partial charge in [0, 0.05) is 5.54 Å². The van der Waals surface area contributed by atoms with Crippen molar-refractivity contribution in [2.75, 3.05) is 17.5 Å². The fourth-order valence-corrected chi connectivity index (χ4v) is 3.69. The van der Waals surface area contributed by atoms with Crippen LogP contribution in [0.2, 0.25) is 0 Å². The SMILES string of the molecule is CC(C)(C)NS(=O)(=O)N1CCOc2c(C(=O)O)cccc21. The molecule has 116 valence electrons. The lowest BCUT2D eigenvalue weighted by Gasteiger charge is -2.33. The van der Waals surface area contributed by atoms with Crippen molar-refractivity contribution >= 4 is 21.9 Å². The molecular weight excluding hydrogens is 296 g/mol. The maximum absolute atomic E-state index is 12.5. The molecule has 0 spiro atoms. The first-order valence-corrected chi connectivity index (χ1v) is 7.86. The van der Waals surface area contributed by atoms with Gasteiger partial charge in [-0.2, -0.15) is 13.1 Å². The Bertz CT molecular complexity index is 664. The van der Waals surface area contributed by atoms with Gasteiger partial charge >= 0.3 is 16.2 Å². The van der Waals surface area contributed by atoms with E-state index >= 15 is 0 Å². The highest BCUT2D eigenvalue weighted by molar-refractivity contribution is 7.91. The largest absolute Gasteiger partial charge is 0.489 e. The minimum Gasteiger partial charge on any atom is -0.489 e. The number of para-hydroxylation sites is 1. The van der Waals surface area contributed by atoms with Gasteiger partial charge in [0.15, 0.2) is 5.75 Å². The Morgan fingerprint density at radius 1 is 1.38 bits per heavy atom. The monoisotopic (exact) mass is 314 g/mol. The molecule has 0 atom stereocenters. The minimum absolute atomic E-state index is 0.0526. The predicted octanol–water partition coefficient (Wildman–Crippen LogP) is 1.22. The molecular formula is C13H18N2O5S. The first-order valence-electron chi connectivity index (χ1n) is 6.42. The Labute approximate surface area is 123 Å². The standard InChI is InChI=1S/C13H18N2O5S/c1-13(2,3)14-21(18,19)15-7-8-20-11-9(12(16)17)5-4-6-10(11)15/h4-6,14H,7-8H2,1-3H3,(H,16,17). The first kappa shape index (κ1) is 15.6. The van der Waals surface area contributed by atoms with Crippen LogP contribution >= 0.6 is 0 Å². The number of ether oxygens (including phenoxy) is 1. The predicted molar refractivity (Wildman–Crippen MR) is 78.1 cm³/mol. The zero-order valence-corrected chi connectivity index (χ0v) is 12.9. The van der Waals surface area contributed by atoms with Gasteiger partial charge in [-0.3, -0.25) is 4.31 Å². The lowest BCUT2D eigenvalue weighted by molar-refractivity contribution is 0.0692. The third-order valence-corrected chi connectivity index (χ3v) is 4.59. The van der Waals surface area contributed by atoms with Crippen LogP contribution in [0.25, 0.3) is 0 Å². The number of benzene rings is 1. The van der Waals surface area contributed by atoms with Crippen molar-refractivity contribution in [2.45, 2.75) is 26.3 Å². The van der Waals surface area contributed by atoms with Gasteiger partial charge in [0.05, 0.1) is 12.2 Å². The van der Waals surface area contributed by atoms with E-state index in [1.165, 1.54) is 18.2 Å². The fourth-order valence-electron chi connectivity index (χ4n) is 2.08. The Hall–Kier alpha value is -1.80. The Kier molecular flexibility index (Phi) is 3.85. The van der Waals surface area contributed by atoms with Crippen LogP contribution in [0.4, 0.5) is 5.69 Å². The molecule has 0 aromatic heterocycles. The smallest absolute Gasteiger partial charge is 0.339 e. The maximum atomic E-state index is 12.5. The van der Waals surface area contributed by atoms with Crippen molar-refractivity contribution in [3.05, 3.63) is 23.8 Å². The van der Waals surface area contributed by atoms with Gasteiger partial charge in [-0.25, -0.2) is 4.79 Å². The Morgan fingerprint density at radius 3 is 2.62 bits per heavy atom. The van der Waals surface area contributed by atoms with Crippen molar-refractivity contribution in [1.82, 2.24) is 4.72 Å². The van der Waals surface area contributed by atoms with E-state index < -0.39 is 21.7 Å². The number of carboxylic acid groups (broad SMARTS) is 1. The quantitative estimate of drug-likeness (QED) is 0.874. The van der Waals surface area contributed by atoms with Crippen LogP contribution < -0.4 is 13.8 Å². The zero-order chi connectivity index (χ0) is 15.8. The number of carbonyl (C=O) groups is 1. The highest BCUT2D eigenvalue weighted by atomic mass is 32.2. The molecule has 1 heterocycles. The lowest BCUT2D eigenvalue weighted by Crippen LogP contribution is -2.51. The highest BCUT2D eigenvalue weighted by Gasteiger charge is 2.33. The van der Waals surface area contributed by atoms with Gasteiger partial charge in [0.2, 0.25) is 0 Å². The van der Waals surface area contributed by atoms with E-state index in [1.807, 2.05) is 0 Å². The van der Waals surface area contributed by atoms with E-state index in [9.17, 15) is 13.2 Å². The van der Waals surface area contributed by atoms with Gasteiger partial charge in [-0.05, 0) is 32.9 Å². The second kappa shape index (κ2) is 5.19. The van der Waals surface area contributed by atoms with E-state index in [1.54, 1.807) is 20.8 Å². The van der Waals surface area contributed by atoms with Crippen LogP contribution in [0.15, 0.2) is 18.2 Å². The zero-order valence-electron chi connectivity index (χ0n) is 12.1. The van der Waals surface area contributed by atoms with Gasteiger partial charge in [-0.15, -0.1) is 0 Å². The van der Waals surface area contributed by atoms with Gasteiger partial charge in [0.25, 0.3) is 0 Å². The second-order valence-corrected chi connectivity index (χ2v) is 7.33. The number of carboxylic acids is 1. The summed E-state index contributed by atoms with van der Waals surface area (Å²) in [6, 6.07) is 4.41. The number of nitrogens with one attached hydrogen (secondary N) is 1. The molecule has 1 aliphatic rings. The number of aromatic carboxylic acids is 1. The number of nitrogens with zero attached hydrogens (tertiary/aromatic N) is 1. The van der Waals surface area contributed by atoms with Crippen LogP contribution in [0, 0.1) is 0 Å². The highest BCUT2D eigenvalue weighted by Crippen LogP contribution is 2.36. The topological polar surface area (TPSA) is 95.9 Å². The summed E-state index contributed by atoms with van der Waals surface area (Å²) in [6.07, 6.45) is 0. The summed E-state index contributed by atoms with van der Waals surface area (Å²) in [5, 5.41) is 9.15. The summed E-state index contributed by atoms with van der Waals surface area (Å²) in [4.78, 5) is 11.2. The number of anilines is 1. The molecule has 0 radical (unpaired) electrons. The molecule has 0 fully saturated rings.